The van der Waals surface area contributed by atoms with Gasteiger partial charge in [0.2, 0.25) is 0 Å². The molecule has 1 aromatic heterocycles. The lowest BCUT2D eigenvalue weighted by Gasteiger charge is -2.04. The Balaban J connectivity index is 1.64. The van der Waals surface area contributed by atoms with Crippen molar-refractivity contribution in [2.24, 2.45) is 0 Å². The molecule has 0 N–H and O–H groups in total. The van der Waals surface area contributed by atoms with Crippen molar-refractivity contribution in [3.63, 3.8) is 0 Å². The quantitative estimate of drug-likeness (QED) is 0.702. The van der Waals surface area contributed by atoms with Gasteiger partial charge in [0, 0.05) is 5.75 Å². The zero-order valence-electron chi connectivity index (χ0n) is 11.4. The number of rotatable bonds is 4. The van der Waals surface area contributed by atoms with Crippen LogP contribution in [0.3, 0.4) is 0 Å². The van der Waals surface area contributed by atoms with E-state index >= 15 is 0 Å². The van der Waals surface area contributed by atoms with Gasteiger partial charge in [-0.15, -0.1) is 16.9 Å². The van der Waals surface area contributed by atoms with Crippen LogP contribution in [-0.4, -0.2) is 26.7 Å². The monoisotopic (exact) mass is 351 g/mol. The summed E-state index contributed by atoms with van der Waals surface area (Å²) in [6.45, 7) is 0. The van der Waals surface area contributed by atoms with Crippen molar-refractivity contribution in [3.05, 3.63) is 58.1 Å². The molecule has 0 aliphatic rings. The van der Waals surface area contributed by atoms with Gasteiger partial charge in [-0.1, -0.05) is 46.6 Å². The first-order valence-electron chi connectivity index (χ1n) is 6.50. The molecule has 3 aromatic rings. The van der Waals surface area contributed by atoms with Gasteiger partial charge in [-0.2, -0.15) is 4.68 Å². The van der Waals surface area contributed by atoms with Crippen molar-refractivity contribution in [2.45, 2.75) is 5.75 Å². The van der Waals surface area contributed by atoms with E-state index in [0.717, 1.165) is 11.1 Å². The van der Waals surface area contributed by atoms with E-state index in [1.54, 1.807) is 6.07 Å². The van der Waals surface area contributed by atoms with Crippen LogP contribution < -0.4 is 0 Å². The Bertz CT molecular complexity index is 835. The molecule has 3 rings (SSSR count). The molecule has 0 radical (unpaired) electrons. The van der Waals surface area contributed by atoms with Crippen LogP contribution in [0.2, 0.25) is 10.0 Å². The lowest BCUT2D eigenvalue weighted by Crippen LogP contribution is -2.14. The van der Waals surface area contributed by atoms with Gasteiger partial charge < -0.3 is 0 Å². The van der Waals surface area contributed by atoms with Crippen LogP contribution in [0, 0.1) is 0 Å². The fourth-order valence-electron chi connectivity index (χ4n) is 2.00. The summed E-state index contributed by atoms with van der Waals surface area (Å²) in [6.07, 6.45) is 0. The first-order chi connectivity index (χ1) is 10.6. The summed E-state index contributed by atoms with van der Waals surface area (Å²) < 4.78 is 1.34. The van der Waals surface area contributed by atoms with Crippen molar-refractivity contribution in [2.75, 3.05) is 5.75 Å². The first-order valence-corrected chi connectivity index (χ1v) is 8.41. The molecule has 0 atom stereocenters. The summed E-state index contributed by atoms with van der Waals surface area (Å²) >= 11 is 13.3. The van der Waals surface area contributed by atoms with E-state index in [1.165, 1.54) is 16.4 Å². The lowest BCUT2D eigenvalue weighted by atomic mass is 10.2. The molecule has 1 heterocycles. The number of hydrogen-bond acceptors (Lipinski definition) is 4. The first kappa shape index (κ1) is 15.3. The Hall–Kier alpha value is -1.56. The largest absolute Gasteiger partial charge is 0.272 e. The van der Waals surface area contributed by atoms with Crippen LogP contribution in [0.15, 0.2) is 42.5 Å². The number of halogens is 2. The second-order valence-electron chi connectivity index (χ2n) is 4.62. The molecule has 4 nitrogen and oxygen atoms in total. The third-order valence-corrected chi connectivity index (χ3v) is 4.79. The van der Waals surface area contributed by atoms with Crippen molar-refractivity contribution in [1.82, 2.24) is 15.0 Å². The van der Waals surface area contributed by atoms with Gasteiger partial charge in [0.25, 0.3) is 5.91 Å². The number of carbonyl (C=O) groups excluding carboxylic acids is 1. The molecule has 2 aromatic carbocycles. The number of carbonyl (C=O) groups is 1. The minimum atomic E-state index is -0.0984. The van der Waals surface area contributed by atoms with Gasteiger partial charge in [-0.3, -0.25) is 4.79 Å². The van der Waals surface area contributed by atoms with Crippen molar-refractivity contribution in [1.29, 1.82) is 0 Å². The standard InChI is InChI=1S/C15H11Cl2N3OS/c16-11-6-5-10(7-12(11)17)8-22-9-15(21)20-14-4-2-1-3-13(14)18-19-20/h1-7H,8-9H2. The molecule has 112 valence electrons. The summed E-state index contributed by atoms with van der Waals surface area (Å²) in [5, 5.41) is 8.94. The predicted octanol–water partition coefficient (Wildman–Crippen LogP) is 4.31. The highest BCUT2D eigenvalue weighted by molar-refractivity contribution is 7.99. The van der Waals surface area contributed by atoms with Gasteiger partial charge in [0.1, 0.15) is 5.52 Å². The average molecular weight is 352 g/mol. The predicted molar refractivity (Wildman–Crippen MR) is 90.8 cm³/mol. The third kappa shape index (κ3) is 3.27. The van der Waals surface area contributed by atoms with Crippen LogP contribution in [0.4, 0.5) is 0 Å². The average Bonchev–Trinajstić information content (AvgIpc) is 2.95. The van der Waals surface area contributed by atoms with Crippen molar-refractivity contribution < 1.29 is 4.79 Å². The molecule has 0 aliphatic carbocycles. The molecule has 0 unspecified atom stereocenters. The highest BCUT2D eigenvalue weighted by Crippen LogP contribution is 2.24. The van der Waals surface area contributed by atoms with Crippen LogP contribution in [0.5, 0.6) is 0 Å². The second-order valence-corrected chi connectivity index (χ2v) is 6.42. The van der Waals surface area contributed by atoms with E-state index in [1.807, 2.05) is 36.4 Å². The van der Waals surface area contributed by atoms with E-state index in [2.05, 4.69) is 10.3 Å². The van der Waals surface area contributed by atoms with E-state index in [0.29, 0.717) is 27.1 Å². The lowest BCUT2D eigenvalue weighted by molar-refractivity contribution is 0.0930. The fraction of sp³-hybridized carbons (Fsp3) is 0.133. The van der Waals surface area contributed by atoms with Crippen LogP contribution in [-0.2, 0) is 5.75 Å². The molecule has 0 spiro atoms. The van der Waals surface area contributed by atoms with Gasteiger partial charge in [0.05, 0.1) is 21.3 Å². The maximum Gasteiger partial charge on any atom is 0.258 e. The molecular formula is C15H11Cl2N3OS. The molecule has 0 fully saturated rings. The third-order valence-electron chi connectivity index (χ3n) is 3.07. The van der Waals surface area contributed by atoms with Crippen molar-refractivity contribution in [3.8, 4) is 0 Å². The Kier molecular flexibility index (Phi) is 4.66. The number of nitrogens with zero attached hydrogens (tertiary/aromatic N) is 3. The molecular weight excluding hydrogens is 341 g/mol. The maximum atomic E-state index is 12.2. The van der Waals surface area contributed by atoms with E-state index in [-0.39, 0.29) is 5.91 Å². The normalized spacial score (nSPS) is 11.0. The van der Waals surface area contributed by atoms with Crippen LogP contribution >= 0.6 is 35.0 Å². The van der Waals surface area contributed by atoms with Gasteiger partial charge >= 0.3 is 0 Å². The summed E-state index contributed by atoms with van der Waals surface area (Å²) in [5.74, 6) is 0.891. The number of aromatic nitrogens is 3. The Morgan fingerprint density at radius 1 is 1.14 bits per heavy atom. The van der Waals surface area contributed by atoms with Gasteiger partial charge in [-0.25, -0.2) is 0 Å². The molecule has 7 heteroatoms. The molecule has 0 bridgehead atoms. The van der Waals surface area contributed by atoms with Gasteiger partial charge in [-0.05, 0) is 29.8 Å². The Morgan fingerprint density at radius 2 is 1.95 bits per heavy atom. The molecule has 0 saturated heterocycles. The van der Waals surface area contributed by atoms with Crippen LogP contribution in [0.25, 0.3) is 11.0 Å². The summed E-state index contributed by atoms with van der Waals surface area (Å²) in [7, 11) is 0. The number of para-hydroxylation sites is 1. The topological polar surface area (TPSA) is 47.8 Å². The molecule has 0 amide bonds. The van der Waals surface area contributed by atoms with Gasteiger partial charge in [0.15, 0.2) is 0 Å². The Labute approximate surface area is 141 Å². The zero-order chi connectivity index (χ0) is 15.5. The van der Waals surface area contributed by atoms with E-state index in [9.17, 15) is 4.79 Å². The minimum absolute atomic E-state index is 0.0984. The summed E-state index contributed by atoms with van der Waals surface area (Å²) in [4.78, 5) is 12.2. The molecule has 22 heavy (non-hydrogen) atoms. The number of hydrogen-bond donors (Lipinski definition) is 0. The summed E-state index contributed by atoms with van der Waals surface area (Å²) in [5.41, 5.74) is 2.46. The Morgan fingerprint density at radius 3 is 2.77 bits per heavy atom. The smallest absolute Gasteiger partial charge is 0.258 e. The number of fused-ring (bicyclic) bond motifs is 1. The van der Waals surface area contributed by atoms with Crippen molar-refractivity contribution >= 4 is 51.9 Å². The van der Waals surface area contributed by atoms with Crippen LogP contribution in [0.1, 0.15) is 10.4 Å². The molecule has 0 saturated carbocycles. The second kappa shape index (κ2) is 6.69. The minimum Gasteiger partial charge on any atom is -0.272 e. The SMILES string of the molecule is O=C(CSCc1ccc(Cl)c(Cl)c1)n1nnc2ccccc21. The number of thioether (sulfide) groups is 1. The highest BCUT2D eigenvalue weighted by atomic mass is 35.5. The highest BCUT2D eigenvalue weighted by Gasteiger charge is 2.11. The van der Waals surface area contributed by atoms with E-state index in [4.69, 9.17) is 23.2 Å². The number of benzene rings is 2. The molecule has 0 aliphatic heterocycles. The fourth-order valence-corrected chi connectivity index (χ4v) is 3.13. The maximum absolute atomic E-state index is 12.2. The summed E-state index contributed by atoms with van der Waals surface area (Å²) in [6, 6.07) is 12.9. The zero-order valence-corrected chi connectivity index (χ0v) is 13.7. The van der Waals surface area contributed by atoms with E-state index < -0.39 is 0 Å².